The minimum Gasteiger partial charge on any atom is -0.382 e. The lowest BCUT2D eigenvalue weighted by molar-refractivity contribution is 0.517. The van der Waals surface area contributed by atoms with Gasteiger partial charge in [0, 0.05) is 23.1 Å². The number of anilines is 1. The molecule has 1 aromatic heterocycles. The molecule has 0 saturated carbocycles. The average molecular weight is 354 g/mol. The number of benzene rings is 1. The molecule has 0 fully saturated rings. The lowest BCUT2D eigenvalue weighted by Crippen LogP contribution is -2.18. The van der Waals surface area contributed by atoms with Crippen molar-refractivity contribution in [2.24, 2.45) is 5.92 Å². The lowest BCUT2D eigenvalue weighted by Gasteiger charge is -2.22. The third-order valence-electron chi connectivity index (χ3n) is 3.35. The van der Waals surface area contributed by atoms with Crippen molar-refractivity contribution < 1.29 is 0 Å². The molecule has 0 saturated heterocycles. The molecule has 1 atom stereocenters. The maximum Gasteiger partial charge on any atom is 0.152 e. The Hall–Kier alpha value is -1.06. The van der Waals surface area contributed by atoms with E-state index in [1.165, 1.54) is 5.56 Å². The summed E-state index contributed by atoms with van der Waals surface area (Å²) in [4.78, 5) is 4.13. The summed E-state index contributed by atoms with van der Waals surface area (Å²) in [5.74, 6) is 0.982. The Labute approximate surface area is 133 Å². The molecule has 1 heterocycles. The van der Waals surface area contributed by atoms with Gasteiger partial charge in [0.05, 0.1) is 5.69 Å². The van der Waals surface area contributed by atoms with Crippen LogP contribution in [0.5, 0.6) is 0 Å². The molecule has 2 nitrogen and oxygen atoms in total. The van der Waals surface area contributed by atoms with Crippen LogP contribution in [-0.4, -0.2) is 11.5 Å². The van der Waals surface area contributed by atoms with Crippen LogP contribution in [0, 0.1) is 5.92 Å². The summed E-state index contributed by atoms with van der Waals surface area (Å²) in [5, 5.41) is 3.91. The van der Waals surface area contributed by atoms with Gasteiger partial charge < -0.3 is 5.32 Å². The third kappa shape index (κ3) is 3.97. The zero-order valence-electron chi connectivity index (χ0n) is 11.6. The van der Waals surface area contributed by atoms with Crippen LogP contribution in [0.3, 0.4) is 0 Å². The van der Waals surface area contributed by atoms with Gasteiger partial charge in [-0.05, 0) is 33.5 Å². The molecule has 1 aromatic carbocycles. The Kier molecular flexibility index (Phi) is 5.44. The smallest absolute Gasteiger partial charge is 0.152 e. The van der Waals surface area contributed by atoms with Crippen LogP contribution in [0.4, 0.5) is 5.69 Å². The van der Waals surface area contributed by atoms with Crippen LogP contribution in [0.15, 0.2) is 47.1 Å². The van der Waals surface area contributed by atoms with Crippen LogP contribution in [0.25, 0.3) is 0 Å². The largest absolute Gasteiger partial charge is 0.382 e. The molecule has 1 unspecified atom stereocenters. The molecule has 20 heavy (non-hydrogen) atoms. The number of aromatic nitrogens is 1. The molecule has 0 radical (unpaired) electrons. The SMILES string of the molecule is CC(C)C(CNc1cc(Br)cnc1Cl)c1ccccc1. The molecular weight excluding hydrogens is 336 g/mol. The van der Waals surface area contributed by atoms with Crippen molar-refractivity contribution in [2.45, 2.75) is 19.8 Å². The summed E-state index contributed by atoms with van der Waals surface area (Å²) in [6.45, 7) is 5.31. The highest BCUT2D eigenvalue weighted by Crippen LogP contribution is 2.27. The van der Waals surface area contributed by atoms with Gasteiger partial charge in [-0.25, -0.2) is 4.98 Å². The van der Waals surface area contributed by atoms with Gasteiger partial charge in [0.25, 0.3) is 0 Å². The minimum atomic E-state index is 0.436. The normalized spacial score (nSPS) is 12.4. The highest BCUT2D eigenvalue weighted by Gasteiger charge is 2.16. The van der Waals surface area contributed by atoms with Crippen LogP contribution in [-0.2, 0) is 0 Å². The number of hydrogen-bond acceptors (Lipinski definition) is 2. The summed E-state index contributed by atoms with van der Waals surface area (Å²) in [6, 6.07) is 12.5. The molecule has 0 aliphatic rings. The van der Waals surface area contributed by atoms with Gasteiger partial charge in [-0.1, -0.05) is 55.8 Å². The van der Waals surface area contributed by atoms with E-state index in [0.717, 1.165) is 16.7 Å². The first kappa shape index (κ1) is 15.3. The minimum absolute atomic E-state index is 0.436. The first-order valence-electron chi connectivity index (χ1n) is 6.67. The molecule has 2 aromatic rings. The van der Waals surface area contributed by atoms with E-state index < -0.39 is 0 Å². The molecule has 2 rings (SSSR count). The van der Waals surface area contributed by atoms with E-state index >= 15 is 0 Å². The van der Waals surface area contributed by atoms with E-state index in [1.807, 2.05) is 12.1 Å². The zero-order valence-corrected chi connectivity index (χ0v) is 13.9. The fourth-order valence-corrected chi connectivity index (χ4v) is 2.71. The van der Waals surface area contributed by atoms with Crippen LogP contribution in [0.1, 0.15) is 25.3 Å². The molecule has 0 aliphatic heterocycles. The van der Waals surface area contributed by atoms with Crippen LogP contribution >= 0.6 is 27.5 Å². The van der Waals surface area contributed by atoms with Crippen molar-refractivity contribution in [1.82, 2.24) is 4.98 Å². The highest BCUT2D eigenvalue weighted by atomic mass is 79.9. The van der Waals surface area contributed by atoms with E-state index in [-0.39, 0.29) is 0 Å². The zero-order chi connectivity index (χ0) is 14.5. The third-order valence-corrected chi connectivity index (χ3v) is 4.09. The monoisotopic (exact) mass is 352 g/mol. The Morgan fingerprint density at radius 3 is 2.60 bits per heavy atom. The number of nitrogens with one attached hydrogen (secondary N) is 1. The van der Waals surface area contributed by atoms with Crippen molar-refractivity contribution >= 4 is 33.2 Å². The molecule has 1 N–H and O–H groups in total. The van der Waals surface area contributed by atoms with Crippen molar-refractivity contribution in [3.63, 3.8) is 0 Å². The van der Waals surface area contributed by atoms with E-state index in [0.29, 0.717) is 17.0 Å². The number of nitrogens with zero attached hydrogens (tertiary/aromatic N) is 1. The van der Waals surface area contributed by atoms with E-state index in [2.05, 4.69) is 64.3 Å². The number of rotatable bonds is 5. The summed E-state index contributed by atoms with van der Waals surface area (Å²) in [5.41, 5.74) is 2.21. The van der Waals surface area contributed by atoms with Crippen molar-refractivity contribution in [1.29, 1.82) is 0 Å². The molecule has 0 spiro atoms. The summed E-state index contributed by atoms with van der Waals surface area (Å²) < 4.78 is 0.921. The van der Waals surface area contributed by atoms with E-state index in [1.54, 1.807) is 6.20 Å². The lowest BCUT2D eigenvalue weighted by atomic mass is 9.88. The Balaban J connectivity index is 2.12. The average Bonchev–Trinajstić information content (AvgIpc) is 2.43. The maximum atomic E-state index is 6.11. The standard InChI is InChI=1S/C16H18BrClN2/c1-11(2)14(12-6-4-3-5-7-12)10-19-15-8-13(17)9-20-16(15)18/h3-9,11,14,19H,10H2,1-2H3. The fourth-order valence-electron chi connectivity index (χ4n) is 2.21. The van der Waals surface area contributed by atoms with Gasteiger partial charge >= 0.3 is 0 Å². The predicted molar refractivity (Wildman–Crippen MR) is 89.5 cm³/mol. The van der Waals surface area contributed by atoms with Gasteiger partial charge in [0.1, 0.15) is 0 Å². The molecular formula is C16H18BrClN2. The topological polar surface area (TPSA) is 24.9 Å². The fraction of sp³-hybridized carbons (Fsp3) is 0.312. The molecule has 0 bridgehead atoms. The quantitative estimate of drug-likeness (QED) is 0.733. The van der Waals surface area contributed by atoms with Gasteiger partial charge in [0.2, 0.25) is 0 Å². The second-order valence-electron chi connectivity index (χ2n) is 5.13. The summed E-state index contributed by atoms with van der Waals surface area (Å²) in [6.07, 6.45) is 1.70. The number of hydrogen-bond donors (Lipinski definition) is 1. The number of halogens is 2. The van der Waals surface area contributed by atoms with E-state index in [9.17, 15) is 0 Å². The Morgan fingerprint density at radius 1 is 1.25 bits per heavy atom. The molecule has 4 heteroatoms. The van der Waals surface area contributed by atoms with Crippen molar-refractivity contribution in [3.05, 3.63) is 57.8 Å². The van der Waals surface area contributed by atoms with E-state index in [4.69, 9.17) is 11.6 Å². The maximum absolute atomic E-state index is 6.11. The first-order chi connectivity index (χ1) is 9.58. The second-order valence-corrected chi connectivity index (χ2v) is 6.41. The second kappa shape index (κ2) is 7.09. The van der Waals surface area contributed by atoms with Gasteiger partial charge in [-0.15, -0.1) is 0 Å². The molecule has 0 amide bonds. The number of pyridine rings is 1. The first-order valence-corrected chi connectivity index (χ1v) is 7.85. The van der Waals surface area contributed by atoms with Crippen LogP contribution in [0.2, 0.25) is 5.15 Å². The van der Waals surface area contributed by atoms with Gasteiger partial charge in [-0.2, -0.15) is 0 Å². The predicted octanol–water partition coefficient (Wildman–Crippen LogP) is 5.35. The molecule has 0 aliphatic carbocycles. The Bertz CT molecular complexity index is 558. The Morgan fingerprint density at radius 2 is 1.95 bits per heavy atom. The summed E-state index contributed by atoms with van der Waals surface area (Å²) in [7, 11) is 0. The van der Waals surface area contributed by atoms with Crippen molar-refractivity contribution in [3.8, 4) is 0 Å². The highest BCUT2D eigenvalue weighted by molar-refractivity contribution is 9.10. The van der Waals surface area contributed by atoms with Gasteiger partial charge in [-0.3, -0.25) is 0 Å². The van der Waals surface area contributed by atoms with Crippen LogP contribution < -0.4 is 5.32 Å². The summed E-state index contributed by atoms with van der Waals surface area (Å²) >= 11 is 9.53. The van der Waals surface area contributed by atoms with Gasteiger partial charge in [0.15, 0.2) is 5.15 Å². The van der Waals surface area contributed by atoms with Crippen molar-refractivity contribution in [2.75, 3.05) is 11.9 Å². The molecule has 106 valence electrons.